The van der Waals surface area contributed by atoms with Crippen molar-refractivity contribution in [2.75, 3.05) is 33.0 Å². The predicted octanol–water partition coefficient (Wildman–Crippen LogP) is 5.86. The lowest BCUT2D eigenvalue weighted by molar-refractivity contribution is -0.384. The number of dihydropyridines is 1. The van der Waals surface area contributed by atoms with Crippen LogP contribution in [0, 0.1) is 23.0 Å². The first kappa shape index (κ1) is 37.4. The number of ether oxygens (including phenoxy) is 3. The smallest absolute Gasteiger partial charge is 0.336 e. The highest BCUT2D eigenvalue weighted by Gasteiger charge is 2.38. The Morgan fingerprint density at radius 3 is 2.04 bits per heavy atom. The number of nitrogens with one attached hydrogen (secondary N) is 1. The third-order valence-corrected chi connectivity index (χ3v) is 8.67. The normalized spacial score (nSPS) is 15.1. The average Bonchev–Trinajstić information content (AvgIpc) is 3.01. The second kappa shape index (κ2) is 17.7. The summed E-state index contributed by atoms with van der Waals surface area (Å²) in [6, 6.07) is 12.2. The van der Waals surface area contributed by atoms with Crippen LogP contribution < -0.4 is 5.32 Å². The van der Waals surface area contributed by atoms with Gasteiger partial charge in [0.15, 0.2) is 0 Å². The van der Waals surface area contributed by atoms with Gasteiger partial charge in [0.1, 0.15) is 6.61 Å². The minimum Gasteiger partial charge on any atom is -0.462 e. The molecule has 2 aromatic rings. The van der Waals surface area contributed by atoms with E-state index in [-0.39, 0.29) is 48.2 Å². The second-order valence-corrected chi connectivity index (χ2v) is 13.3. The molecule has 0 saturated heterocycles. The zero-order valence-corrected chi connectivity index (χ0v) is 28.4. The third kappa shape index (κ3) is 11.0. The monoisotopic (exact) mass is 672 g/mol. The number of carbonyl (C=O) groups excluding carboxylic acids is 2. The zero-order valence-electron chi connectivity index (χ0n) is 27.6. The van der Waals surface area contributed by atoms with Gasteiger partial charge in [-0.1, -0.05) is 50.1 Å². The van der Waals surface area contributed by atoms with Crippen LogP contribution in [0.2, 0.25) is 0 Å². The highest BCUT2D eigenvalue weighted by Crippen LogP contribution is 2.40. The van der Waals surface area contributed by atoms with Crippen molar-refractivity contribution in [2.45, 2.75) is 71.1 Å². The summed E-state index contributed by atoms with van der Waals surface area (Å²) in [6.45, 7) is 10.1. The highest BCUT2D eigenvalue weighted by molar-refractivity contribution is 7.86. The fraction of sp³-hybridized carbons (Fsp3) is 0.471. The molecule has 47 heavy (non-hydrogen) atoms. The van der Waals surface area contributed by atoms with E-state index in [1.165, 1.54) is 30.3 Å². The molecule has 12 nitrogen and oxygen atoms in total. The van der Waals surface area contributed by atoms with Crippen LogP contribution in [0.3, 0.4) is 0 Å². The van der Waals surface area contributed by atoms with Crippen LogP contribution >= 0.6 is 0 Å². The molecule has 0 amide bonds. The fourth-order valence-electron chi connectivity index (χ4n) is 5.02. The molecule has 1 heterocycles. The van der Waals surface area contributed by atoms with Crippen LogP contribution in [0.25, 0.3) is 0 Å². The van der Waals surface area contributed by atoms with Gasteiger partial charge in [-0.25, -0.2) is 9.59 Å². The number of hydrogen-bond acceptors (Lipinski definition) is 11. The van der Waals surface area contributed by atoms with Gasteiger partial charge >= 0.3 is 11.9 Å². The molecular formula is C34H44N2O10S. The third-order valence-electron chi connectivity index (χ3n) is 7.35. The van der Waals surface area contributed by atoms with Crippen molar-refractivity contribution in [1.29, 1.82) is 0 Å². The topological polar surface area (TPSA) is 160 Å². The van der Waals surface area contributed by atoms with Crippen LogP contribution in [-0.4, -0.2) is 58.3 Å². The Bertz CT molecular complexity index is 1580. The van der Waals surface area contributed by atoms with Crippen molar-refractivity contribution in [2.24, 2.45) is 5.92 Å². The van der Waals surface area contributed by atoms with E-state index in [4.69, 9.17) is 18.4 Å². The zero-order chi connectivity index (χ0) is 34.6. The molecule has 1 atom stereocenters. The van der Waals surface area contributed by atoms with Gasteiger partial charge in [-0.2, -0.15) is 8.42 Å². The van der Waals surface area contributed by atoms with Crippen LogP contribution in [0.15, 0.2) is 76.0 Å². The van der Waals surface area contributed by atoms with E-state index in [0.29, 0.717) is 55.2 Å². The molecule has 1 unspecified atom stereocenters. The van der Waals surface area contributed by atoms with Crippen molar-refractivity contribution in [3.05, 3.63) is 92.3 Å². The maximum atomic E-state index is 13.5. The molecule has 0 saturated carbocycles. The van der Waals surface area contributed by atoms with Crippen molar-refractivity contribution >= 4 is 27.7 Å². The summed E-state index contributed by atoms with van der Waals surface area (Å²) in [5.74, 6) is -2.00. The molecule has 3 rings (SSSR count). The number of non-ortho nitro benzene ring substituents is 1. The van der Waals surface area contributed by atoms with Gasteiger partial charge in [0.25, 0.3) is 15.8 Å². The number of nitrogens with zero attached hydrogens (tertiary/aromatic N) is 1. The molecule has 0 aromatic heterocycles. The molecule has 2 aromatic carbocycles. The minimum absolute atomic E-state index is 0.00457. The van der Waals surface area contributed by atoms with Gasteiger partial charge in [-0.3, -0.25) is 14.3 Å². The van der Waals surface area contributed by atoms with Crippen molar-refractivity contribution in [3.63, 3.8) is 0 Å². The van der Waals surface area contributed by atoms with Crippen molar-refractivity contribution in [1.82, 2.24) is 5.32 Å². The molecule has 0 spiro atoms. The van der Waals surface area contributed by atoms with E-state index in [0.717, 1.165) is 5.56 Å². The molecule has 0 bridgehead atoms. The first-order valence-corrected chi connectivity index (χ1v) is 17.0. The van der Waals surface area contributed by atoms with Crippen LogP contribution in [0.4, 0.5) is 5.69 Å². The van der Waals surface area contributed by atoms with Crippen molar-refractivity contribution in [3.8, 4) is 0 Å². The Morgan fingerprint density at radius 2 is 1.45 bits per heavy atom. The van der Waals surface area contributed by atoms with E-state index in [1.54, 1.807) is 32.0 Å². The highest BCUT2D eigenvalue weighted by atomic mass is 32.2. The quantitative estimate of drug-likeness (QED) is 0.0664. The predicted molar refractivity (Wildman–Crippen MR) is 175 cm³/mol. The van der Waals surface area contributed by atoms with Gasteiger partial charge in [-0.05, 0) is 63.6 Å². The van der Waals surface area contributed by atoms with Gasteiger partial charge < -0.3 is 19.5 Å². The largest absolute Gasteiger partial charge is 0.462 e. The molecule has 0 aliphatic carbocycles. The molecule has 256 valence electrons. The molecule has 0 fully saturated rings. The van der Waals surface area contributed by atoms with E-state index >= 15 is 0 Å². The maximum absolute atomic E-state index is 13.5. The lowest BCUT2D eigenvalue weighted by Gasteiger charge is -2.30. The number of unbranched alkanes of at least 4 members (excludes halogenated alkanes) is 3. The van der Waals surface area contributed by atoms with Gasteiger partial charge in [0.2, 0.25) is 0 Å². The summed E-state index contributed by atoms with van der Waals surface area (Å²) in [5.41, 5.74) is 2.33. The molecule has 1 N–H and O–H groups in total. The van der Waals surface area contributed by atoms with Gasteiger partial charge in [0.05, 0.1) is 46.7 Å². The summed E-state index contributed by atoms with van der Waals surface area (Å²) >= 11 is 0. The van der Waals surface area contributed by atoms with E-state index in [9.17, 15) is 28.1 Å². The Kier molecular flexibility index (Phi) is 14.1. The van der Waals surface area contributed by atoms with E-state index < -0.39 is 32.9 Å². The number of aryl methyl sites for hydroxylation is 1. The summed E-state index contributed by atoms with van der Waals surface area (Å²) in [4.78, 5) is 38.1. The lowest BCUT2D eigenvalue weighted by Crippen LogP contribution is -2.33. The Morgan fingerprint density at radius 1 is 0.851 bits per heavy atom. The molecule has 1 aliphatic rings. The maximum Gasteiger partial charge on any atom is 0.336 e. The molecule has 0 radical (unpaired) electrons. The van der Waals surface area contributed by atoms with Crippen LogP contribution in [0.5, 0.6) is 0 Å². The number of allylic oxidation sites excluding steroid dienone is 2. The van der Waals surface area contributed by atoms with Crippen LogP contribution in [-0.2, 0) is 38.1 Å². The number of esters is 2. The Balaban J connectivity index is 1.62. The average molecular weight is 673 g/mol. The van der Waals surface area contributed by atoms with Crippen molar-refractivity contribution < 1.29 is 41.3 Å². The Labute approximate surface area is 276 Å². The standard InChI is InChI=1S/C34H44N2O10S/c1-23(2)22-43-19-20-45-34(38)31-26(5)35-25(4)30(32(31)27-11-10-12-28(21-27)36(39)40)33(37)44-17-8-6-7-9-18-46-47(41,42)29-15-13-24(3)14-16-29/h10-16,21,23,32,35H,6-9,17-20,22H2,1-5H3. The molecular weight excluding hydrogens is 628 g/mol. The number of nitro groups is 1. The summed E-state index contributed by atoms with van der Waals surface area (Å²) in [5, 5.41) is 14.7. The molecule has 13 heteroatoms. The number of nitro benzene ring substituents is 1. The van der Waals surface area contributed by atoms with E-state index in [1.807, 2.05) is 20.8 Å². The number of benzene rings is 2. The first-order valence-electron chi connectivity index (χ1n) is 15.6. The summed E-state index contributed by atoms with van der Waals surface area (Å²) in [6.07, 6.45) is 2.32. The van der Waals surface area contributed by atoms with E-state index in [2.05, 4.69) is 5.32 Å². The first-order chi connectivity index (χ1) is 22.3. The SMILES string of the molecule is CC1=C(C(=O)OCCCCCCOS(=O)(=O)c2ccc(C)cc2)C(c2cccc([N+](=O)[O-])c2)C(C(=O)OCCOCC(C)C)=C(C)N1. The summed E-state index contributed by atoms with van der Waals surface area (Å²) < 4.78 is 46.4. The number of carbonyl (C=O) groups is 2. The van der Waals surface area contributed by atoms with Gasteiger partial charge in [0, 0.05) is 30.1 Å². The van der Waals surface area contributed by atoms with Gasteiger partial charge in [-0.15, -0.1) is 0 Å². The minimum atomic E-state index is -3.83. The van der Waals surface area contributed by atoms with Crippen LogP contribution in [0.1, 0.15) is 70.4 Å². The second-order valence-electron chi connectivity index (χ2n) is 11.7. The lowest BCUT2D eigenvalue weighted by atomic mass is 9.80. The molecule has 1 aliphatic heterocycles. The Hall–Kier alpha value is -4.07. The number of rotatable bonds is 18. The summed E-state index contributed by atoms with van der Waals surface area (Å²) in [7, 11) is -3.83. The fourth-order valence-corrected chi connectivity index (χ4v) is 5.96. The number of hydrogen-bond donors (Lipinski definition) is 1.